The zero-order valence-corrected chi connectivity index (χ0v) is 14.3. The van der Waals surface area contributed by atoms with Gasteiger partial charge >= 0.3 is 0 Å². The molecule has 1 saturated carbocycles. The SMILES string of the molecule is COCc1ccc(CNC2CCN(C(=O)C3CC3)CC2C)cc1. The van der Waals surface area contributed by atoms with Crippen LogP contribution in [0.3, 0.4) is 0 Å². The average Bonchev–Trinajstić information content (AvgIpc) is 3.39. The number of hydrogen-bond acceptors (Lipinski definition) is 3. The topological polar surface area (TPSA) is 41.6 Å². The van der Waals surface area contributed by atoms with Crippen molar-refractivity contribution in [2.75, 3.05) is 20.2 Å². The highest BCUT2D eigenvalue weighted by molar-refractivity contribution is 5.81. The maximum Gasteiger partial charge on any atom is 0.225 e. The van der Waals surface area contributed by atoms with E-state index in [1.54, 1.807) is 7.11 Å². The number of hydrogen-bond donors (Lipinski definition) is 1. The molecule has 0 radical (unpaired) electrons. The smallest absolute Gasteiger partial charge is 0.225 e. The van der Waals surface area contributed by atoms with Crippen molar-refractivity contribution in [1.82, 2.24) is 10.2 Å². The van der Waals surface area contributed by atoms with Crippen LogP contribution in [-0.2, 0) is 22.7 Å². The zero-order valence-electron chi connectivity index (χ0n) is 14.3. The van der Waals surface area contributed by atoms with Crippen molar-refractivity contribution in [3.63, 3.8) is 0 Å². The minimum absolute atomic E-state index is 0.345. The molecule has 1 aliphatic heterocycles. The number of benzene rings is 1. The standard InChI is InChI=1S/C19H28N2O2/c1-14-12-21(19(22)17-7-8-17)10-9-18(14)20-11-15-3-5-16(6-4-15)13-23-2/h3-6,14,17-18,20H,7-13H2,1-2H3. The lowest BCUT2D eigenvalue weighted by molar-refractivity contribution is -0.134. The van der Waals surface area contributed by atoms with Crippen molar-refractivity contribution in [3.05, 3.63) is 35.4 Å². The van der Waals surface area contributed by atoms with E-state index >= 15 is 0 Å². The Hall–Kier alpha value is -1.39. The van der Waals surface area contributed by atoms with Crippen LogP contribution in [0.4, 0.5) is 0 Å². The van der Waals surface area contributed by atoms with Gasteiger partial charge in [0, 0.05) is 38.7 Å². The third kappa shape index (κ3) is 4.33. The lowest BCUT2D eigenvalue weighted by Crippen LogP contribution is -2.50. The second kappa shape index (κ2) is 7.45. The summed E-state index contributed by atoms with van der Waals surface area (Å²) in [6.45, 7) is 5.62. The summed E-state index contributed by atoms with van der Waals surface area (Å²) >= 11 is 0. The number of amides is 1. The summed E-state index contributed by atoms with van der Waals surface area (Å²) in [4.78, 5) is 14.3. The van der Waals surface area contributed by atoms with Crippen LogP contribution in [0.2, 0.25) is 0 Å². The van der Waals surface area contributed by atoms with Crippen molar-refractivity contribution >= 4 is 5.91 Å². The zero-order chi connectivity index (χ0) is 16.2. The molecule has 126 valence electrons. The van der Waals surface area contributed by atoms with Crippen LogP contribution in [0.25, 0.3) is 0 Å². The van der Waals surface area contributed by atoms with Gasteiger partial charge in [0.15, 0.2) is 0 Å². The largest absolute Gasteiger partial charge is 0.380 e. The number of nitrogens with one attached hydrogen (secondary N) is 1. The summed E-state index contributed by atoms with van der Waals surface area (Å²) in [5.41, 5.74) is 2.50. The molecule has 0 spiro atoms. The molecule has 2 fully saturated rings. The molecule has 0 aromatic heterocycles. The van der Waals surface area contributed by atoms with Crippen LogP contribution in [0.5, 0.6) is 0 Å². The number of rotatable bonds is 6. The number of ether oxygens (including phenoxy) is 1. The van der Waals surface area contributed by atoms with Gasteiger partial charge in [-0.3, -0.25) is 4.79 Å². The van der Waals surface area contributed by atoms with E-state index in [-0.39, 0.29) is 0 Å². The fourth-order valence-electron chi connectivity index (χ4n) is 3.41. The van der Waals surface area contributed by atoms with E-state index in [0.717, 1.165) is 38.9 Å². The molecular formula is C19H28N2O2. The van der Waals surface area contributed by atoms with Gasteiger partial charge in [0.05, 0.1) is 6.61 Å². The molecule has 1 aromatic carbocycles. The normalized spacial score (nSPS) is 24.7. The molecule has 3 rings (SSSR count). The van der Waals surface area contributed by atoms with E-state index in [1.807, 2.05) is 0 Å². The summed E-state index contributed by atoms with van der Waals surface area (Å²) < 4.78 is 5.14. The van der Waals surface area contributed by atoms with Gasteiger partial charge in [-0.15, -0.1) is 0 Å². The minimum atomic E-state index is 0.345. The third-order valence-electron chi connectivity index (χ3n) is 5.05. The highest BCUT2D eigenvalue weighted by Gasteiger charge is 2.36. The number of methoxy groups -OCH3 is 1. The summed E-state index contributed by atoms with van der Waals surface area (Å²) in [6.07, 6.45) is 3.26. The number of likely N-dealkylation sites (tertiary alicyclic amines) is 1. The molecule has 4 nitrogen and oxygen atoms in total. The Morgan fingerprint density at radius 1 is 1.22 bits per heavy atom. The first-order valence-corrected chi connectivity index (χ1v) is 8.76. The molecular weight excluding hydrogens is 288 g/mol. The summed E-state index contributed by atoms with van der Waals surface area (Å²) in [5.74, 6) is 1.25. The van der Waals surface area contributed by atoms with Crippen molar-refractivity contribution in [2.24, 2.45) is 11.8 Å². The minimum Gasteiger partial charge on any atom is -0.380 e. The quantitative estimate of drug-likeness (QED) is 0.877. The third-order valence-corrected chi connectivity index (χ3v) is 5.05. The van der Waals surface area contributed by atoms with Crippen LogP contribution in [0, 0.1) is 11.8 Å². The maximum absolute atomic E-state index is 12.2. The van der Waals surface area contributed by atoms with E-state index in [4.69, 9.17) is 4.74 Å². The highest BCUT2D eigenvalue weighted by atomic mass is 16.5. The highest BCUT2D eigenvalue weighted by Crippen LogP contribution is 2.32. The second-order valence-electron chi connectivity index (χ2n) is 7.06. The summed E-state index contributed by atoms with van der Waals surface area (Å²) in [6, 6.07) is 9.08. The fourth-order valence-corrected chi connectivity index (χ4v) is 3.41. The number of carbonyl (C=O) groups excluding carboxylic acids is 1. The van der Waals surface area contributed by atoms with Gasteiger partial charge in [-0.05, 0) is 36.3 Å². The first-order valence-electron chi connectivity index (χ1n) is 8.76. The van der Waals surface area contributed by atoms with E-state index in [2.05, 4.69) is 41.4 Å². The molecule has 4 heteroatoms. The molecule has 2 unspecified atom stereocenters. The van der Waals surface area contributed by atoms with Gasteiger partial charge in [-0.1, -0.05) is 31.2 Å². The molecule has 2 atom stereocenters. The predicted octanol–water partition coefficient (Wildman–Crippen LogP) is 2.57. The van der Waals surface area contributed by atoms with Crippen LogP contribution in [0.15, 0.2) is 24.3 Å². The monoisotopic (exact) mass is 316 g/mol. The van der Waals surface area contributed by atoms with Crippen molar-refractivity contribution in [1.29, 1.82) is 0 Å². The Kier molecular flexibility index (Phi) is 5.34. The second-order valence-corrected chi connectivity index (χ2v) is 7.06. The number of carbonyl (C=O) groups is 1. The van der Waals surface area contributed by atoms with Gasteiger partial charge in [-0.25, -0.2) is 0 Å². The summed E-state index contributed by atoms with van der Waals surface area (Å²) in [5, 5.41) is 3.67. The Bertz CT molecular complexity index is 525. The van der Waals surface area contributed by atoms with Crippen molar-refractivity contribution in [3.8, 4) is 0 Å². The number of piperidine rings is 1. The first-order chi connectivity index (χ1) is 11.2. The predicted molar refractivity (Wildman–Crippen MR) is 90.9 cm³/mol. The van der Waals surface area contributed by atoms with Crippen molar-refractivity contribution in [2.45, 2.75) is 45.4 Å². The van der Waals surface area contributed by atoms with Crippen LogP contribution < -0.4 is 5.32 Å². The van der Waals surface area contributed by atoms with Crippen LogP contribution in [0.1, 0.15) is 37.3 Å². The van der Waals surface area contributed by atoms with Gasteiger partial charge in [-0.2, -0.15) is 0 Å². The molecule has 1 saturated heterocycles. The van der Waals surface area contributed by atoms with Crippen LogP contribution >= 0.6 is 0 Å². The fraction of sp³-hybridized carbons (Fsp3) is 0.632. The number of nitrogens with zero attached hydrogens (tertiary/aromatic N) is 1. The van der Waals surface area contributed by atoms with Crippen LogP contribution in [-0.4, -0.2) is 37.0 Å². The van der Waals surface area contributed by atoms with E-state index in [1.165, 1.54) is 11.1 Å². The van der Waals surface area contributed by atoms with E-state index in [0.29, 0.717) is 30.4 Å². The average molecular weight is 316 g/mol. The summed E-state index contributed by atoms with van der Waals surface area (Å²) in [7, 11) is 1.72. The Labute approximate surface area is 139 Å². The molecule has 1 heterocycles. The van der Waals surface area contributed by atoms with Gasteiger partial charge in [0.2, 0.25) is 5.91 Å². The Balaban J connectivity index is 1.46. The van der Waals surface area contributed by atoms with E-state index in [9.17, 15) is 4.79 Å². The lowest BCUT2D eigenvalue weighted by Gasteiger charge is -2.37. The Morgan fingerprint density at radius 3 is 2.52 bits per heavy atom. The molecule has 2 aliphatic rings. The van der Waals surface area contributed by atoms with E-state index < -0.39 is 0 Å². The van der Waals surface area contributed by atoms with Gasteiger partial charge < -0.3 is 15.0 Å². The maximum atomic E-state index is 12.2. The molecule has 0 bridgehead atoms. The molecule has 23 heavy (non-hydrogen) atoms. The van der Waals surface area contributed by atoms with Gasteiger partial charge in [0.25, 0.3) is 0 Å². The van der Waals surface area contributed by atoms with Crippen molar-refractivity contribution < 1.29 is 9.53 Å². The molecule has 1 amide bonds. The lowest BCUT2D eigenvalue weighted by atomic mass is 9.93. The molecule has 1 aromatic rings. The van der Waals surface area contributed by atoms with Gasteiger partial charge in [0.1, 0.15) is 0 Å². The molecule has 1 N–H and O–H groups in total. The first kappa shape index (κ1) is 16.5. The Morgan fingerprint density at radius 2 is 1.91 bits per heavy atom. The molecule has 1 aliphatic carbocycles.